The number of aliphatic hydroxyl groups excluding tert-OH is 2. The monoisotopic (exact) mass is 184 g/mol. The highest BCUT2D eigenvalue weighted by Crippen LogP contribution is 2.41. The second kappa shape index (κ2) is 5.40. The van der Waals surface area contributed by atoms with Crippen molar-refractivity contribution < 1.29 is 10.2 Å². The van der Waals surface area contributed by atoms with Crippen molar-refractivity contribution in [2.45, 2.75) is 39.0 Å². The van der Waals surface area contributed by atoms with Crippen molar-refractivity contribution in [2.24, 2.45) is 5.92 Å². The molecule has 0 spiro atoms. The SMILES string of the molecule is CCCCCCC1=C(CO)C1CO. The minimum absolute atomic E-state index is 0.147. The first-order valence-corrected chi connectivity index (χ1v) is 5.28. The summed E-state index contributed by atoms with van der Waals surface area (Å²) in [5, 5.41) is 17.8. The van der Waals surface area contributed by atoms with Gasteiger partial charge in [-0.1, -0.05) is 31.8 Å². The maximum Gasteiger partial charge on any atom is 0.0651 e. The van der Waals surface area contributed by atoms with Crippen LogP contribution < -0.4 is 0 Å². The van der Waals surface area contributed by atoms with E-state index < -0.39 is 0 Å². The van der Waals surface area contributed by atoms with E-state index in [1.165, 1.54) is 31.3 Å². The molecule has 1 unspecified atom stereocenters. The Bertz CT molecular complexity index is 185. The van der Waals surface area contributed by atoms with E-state index in [0.717, 1.165) is 12.0 Å². The van der Waals surface area contributed by atoms with Crippen molar-refractivity contribution in [3.8, 4) is 0 Å². The molecule has 0 aromatic heterocycles. The Kier molecular flexibility index (Phi) is 4.46. The number of hydrogen-bond acceptors (Lipinski definition) is 2. The van der Waals surface area contributed by atoms with E-state index in [0.29, 0.717) is 0 Å². The summed E-state index contributed by atoms with van der Waals surface area (Å²) >= 11 is 0. The Morgan fingerprint density at radius 3 is 2.31 bits per heavy atom. The summed E-state index contributed by atoms with van der Waals surface area (Å²) in [6.45, 7) is 2.54. The number of aliphatic hydroxyl groups is 2. The van der Waals surface area contributed by atoms with Gasteiger partial charge in [0.2, 0.25) is 0 Å². The molecule has 0 aromatic carbocycles. The first kappa shape index (κ1) is 10.7. The molecule has 2 nitrogen and oxygen atoms in total. The average Bonchev–Trinajstić information content (AvgIpc) is 2.85. The Balaban J connectivity index is 2.11. The van der Waals surface area contributed by atoms with Gasteiger partial charge in [-0.25, -0.2) is 0 Å². The van der Waals surface area contributed by atoms with E-state index in [1.807, 2.05) is 0 Å². The number of rotatable bonds is 7. The predicted octanol–water partition coefficient (Wildman–Crippen LogP) is 1.87. The third-order valence-corrected chi connectivity index (χ3v) is 2.82. The Morgan fingerprint density at radius 1 is 1.08 bits per heavy atom. The lowest BCUT2D eigenvalue weighted by molar-refractivity contribution is 0.268. The smallest absolute Gasteiger partial charge is 0.0651 e. The van der Waals surface area contributed by atoms with Crippen LogP contribution in [0.4, 0.5) is 0 Å². The van der Waals surface area contributed by atoms with Crippen LogP contribution in [-0.4, -0.2) is 23.4 Å². The molecule has 0 radical (unpaired) electrons. The van der Waals surface area contributed by atoms with Crippen molar-refractivity contribution in [1.29, 1.82) is 0 Å². The first-order valence-electron chi connectivity index (χ1n) is 5.28. The van der Waals surface area contributed by atoms with Crippen LogP contribution in [-0.2, 0) is 0 Å². The fourth-order valence-electron chi connectivity index (χ4n) is 1.89. The van der Waals surface area contributed by atoms with Gasteiger partial charge in [-0.15, -0.1) is 0 Å². The topological polar surface area (TPSA) is 40.5 Å². The van der Waals surface area contributed by atoms with E-state index in [1.54, 1.807) is 0 Å². The van der Waals surface area contributed by atoms with E-state index in [4.69, 9.17) is 10.2 Å². The third kappa shape index (κ3) is 2.82. The van der Waals surface area contributed by atoms with Gasteiger partial charge in [0.1, 0.15) is 0 Å². The molecule has 0 saturated heterocycles. The van der Waals surface area contributed by atoms with E-state index in [2.05, 4.69) is 6.92 Å². The second-order valence-corrected chi connectivity index (χ2v) is 3.75. The largest absolute Gasteiger partial charge is 0.395 e. The van der Waals surface area contributed by atoms with E-state index in [-0.39, 0.29) is 19.1 Å². The van der Waals surface area contributed by atoms with Crippen LogP contribution >= 0.6 is 0 Å². The van der Waals surface area contributed by atoms with Crippen LogP contribution in [0.25, 0.3) is 0 Å². The van der Waals surface area contributed by atoms with Gasteiger partial charge in [-0.3, -0.25) is 0 Å². The lowest BCUT2D eigenvalue weighted by Gasteiger charge is -1.96. The molecule has 0 heterocycles. The van der Waals surface area contributed by atoms with Gasteiger partial charge in [0.25, 0.3) is 0 Å². The molecule has 2 heteroatoms. The van der Waals surface area contributed by atoms with Crippen LogP contribution in [0.2, 0.25) is 0 Å². The van der Waals surface area contributed by atoms with Crippen LogP contribution in [0, 0.1) is 5.92 Å². The number of hydrogen-bond donors (Lipinski definition) is 2. The highest BCUT2D eigenvalue weighted by Gasteiger charge is 2.33. The average molecular weight is 184 g/mol. The van der Waals surface area contributed by atoms with E-state index >= 15 is 0 Å². The van der Waals surface area contributed by atoms with Crippen molar-refractivity contribution in [1.82, 2.24) is 0 Å². The second-order valence-electron chi connectivity index (χ2n) is 3.75. The van der Waals surface area contributed by atoms with Crippen LogP contribution in [0.3, 0.4) is 0 Å². The zero-order valence-corrected chi connectivity index (χ0v) is 8.42. The number of unbranched alkanes of at least 4 members (excludes halogenated alkanes) is 3. The standard InChI is InChI=1S/C11H20O2/c1-2-3-4-5-6-9-10(7-12)11(9)8-13/h10,12-13H,2-8H2,1H3. The maximum absolute atomic E-state index is 8.93. The zero-order chi connectivity index (χ0) is 9.68. The minimum Gasteiger partial charge on any atom is -0.395 e. The molecule has 0 aromatic rings. The summed E-state index contributed by atoms with van der Waals surface area (Å²) in [5.41, 5.74) is 2.42. The highest BCUT2D eigenvalue weighted by molar-refractivity contribution is 5.41. The summed E-state index contributed by atoms with van der Waals surface area (Å²) in [6.07, 6.45) is 6.13. The molecule has 13 heavy (non-hydrogen) atoms. The van der Waals surface area contributed by atoms with Crippen LogP contribution in [0.1, 0.15) is 39.0 Å². The van der Waals surface area contributed by atoms with Gasteiger partial charge in [-0.2, -0.15) is 0 Å². The van der Waals surface area contributed by atoms with Crippen LogP contribution in [0.5, 0.6) is 0 Å². The lowest BCUT2D eigenvalue weighted by Crippen LogP contribution is -1.92. The summed E-state index contributed by atoms with van der Waals surface area (Å²) in [7, 11) is 0. The molecule has 2 N–H and O–H groups in total. The molecule has 0 saturated carbocycles. The molecule has 0 fully saturated rings. The summed E-state index contributed by atoms with van der Waals surface area (Å²) in [6, 6.07) is 0. The predicted molar refractivity (Wildman–Crippen MR) is 53.4 cm³/mol. The van der Waals surface area contributed by atoms with Crippen molar-refractivity contribution in [2.75, 3.05) is 13.2 Å². The molecule has 0 bridgehead atoms. The summed E-state index contributed by atoms with van der Waals surface area (Å²) < 4.78 is 0. The molecule has 76 valence electrons. The molecule has 0 aliphatic heterocycles. The van der Waals surface area contributed by atoms with Crippen molar-refractivity contribution in [3.05, 3.63) is 11.1 Å². The molecular weight excluding hydrogens is 164 g/mol. The van der Waals surface area contributed by atoms with Gasteiger partial charge >= 0.3 is 0 Å². The normalized spacial score (nSPS) is 21.0. The van der Waals surface area contributed by atoms with Crippen molar-refractivity contribution >= 4 is 0 Å². The van der Waals surface area contributed by atoms with Crippen molar-refractivity contribution in [3.63, 3.8) is 0 Å². The van der Waals surface area contributed by atoms with Gasteiger partial charge < -0.3 is 10.2 Å². The molecule has 1 aliphatic rings. The third-order valence-electron chi connectivity index (χ3n) is 2.82. The Labute approximate surface area is 80.3 Å². The lowest BCUT2D eigenvalue weighted by atomic mass is 10.1. The molecule has 0 amide bonds. The molecule has 1 atom stereocenters. The van der Waals surface area contributed by atoms with Gasteiger partial charge in [-0.05, 0) is 18.4 Å². The molecule has 1 rings (SSSR count). The highest BCUT2D eigenvalue weighted by atomic mass is 16.3. The maximum atomic E-state index is 8.93. The van der Waals surface area contributed by atoms with E-state index in [9.17, 15) is 0 Å². The summed E-state index contributed by atoms with van der Waals surface area (Å²) in [4.78, 5) is 0. The fourth-order valence-corrected chi connectivity index (χ4v) is 1.89. The summed E-state index contributed by atoms with van der Waals surface area (Å²) in [5.74, 6) is 0.242. The van der Waals surface area contributed by atoms with Gasteiger partial charge in [0.05, 0.1) is 13.2 Å². The fraction of sp³-hybridized carbons (Fsp3) is 0.818. The van der Waals surface area contributed by atoms with Crippen LogP contribution in [0.15, 0.2) is 11.1 Å². The Hall–Kier alpha value is -0.340. The first-order chi connectivity index (χ1) is 6.35. The van der Waals surface area contributed by atoms with Gasteiger partial charge in [0.15, 0.2) is 0 Å². The zero-order valence-electron chi connectivity index (χ0n) is 8.42. The minimum atomic E-state index is 0.147. The molecular formula is C11H20O2. The molecule has 1 aliphatic carbocycles. The van der Waals surface area contributed by atoms with Gasteiger partial charge in [0, 0.05) is 5.92 Å². The Morgan fingerprint density at radius 2 is 1.85 bits per heavy atom. The quantitative estimate of drug-likeness (QED) is 0.468.